The molecule has 1 aromatic rings. The van der Waals surface area contributed by atoms with E-state index >= 15 is 0 Å². The van der Waals surface area contributed by atoms with Gasteiger partial charge in [0.05, 0.1) is 9.77 Å². The van der Waals surface area contributed by atoms with Crippen molar-refractivity contribution in [3.8, 4) is 0 Å². The molecule has 1 saturated carbocycles. The van der Waals surface area contributed by atoms with Crippen molar-refractivity contribution in [2.75, 3.05) is 13.6 Å². The van der Waals surface area contributed by atoms with E-state index < -0.39 is 10.0 Å². The van der Waals surface area contributed by atoms with E-state index in [4.69, 9.17) is 0 Å². The molecular weight excluding hydrogens is 320 g/mol. The Morgan fingerprint density at radius 2 is 1.95 bits per heavy atom. The zero-order chi connectivity index (χ0) is 16.2. The molecule has 0 spiro atoms. The Labute approximate surface area is 136 Å². The molecule has 22 heavy (non-hydrogen) atoms. The minimum atomic E-state index is -3.48. The largest absolute Gasteiger partial charge is 0.349 e. The SMILES string of the molecule is CCN(C)S(=O)(=O)c1csc(C(=O)NC2CCCCCC2)c1. The molecule has 1 heterocycles. The first-order valence-electron chi connectivity index (χ1n) is 7.81. The minimum Gasteiger partial charge on any atom is -0.349 e. The highest BCUT2D eigenvalue weighted by molar-refractivity contribution is 7.89. The molecule has 5 nitrogen and oxygen atoms in total. The standard InChI is InChI=1S/C15H24N2O3S2/c1-3-17(2)22(19,20)13-10-14(21-11-13)15(18)16-12-8-6-4-5-7-9-12/h10-12H,3-9H2,1-2H3,(H,16,18). The van der Waals surface area contributed by atoms with Crippen LogP contribution in [-0.2, 0) is 10.0 Å². The summed E-state index contributed by atoms with van der Waals surface area (Å²) in [7, 11) is -1.94. The molecule has 1 fully saturated rings. The average Bonchev–Trinajstić information content (AvgIpc) is 2.87. The Hall–Kier alpha value is -0.920. The molecule has 1 aliphatic carbocycles. The van der Waals surface area contributed by atoms with E-state index in [1.807, 2.05) is 0 Å². The number of rotatable bonds is 5. The van der Waals surface area contributed by atoms with Crippen LogP contribution in [0.5, 0.6) is 0 Å². The van der Waals surface area contributed by atoms with Crippen LogP contribution in [0.15, 0.2) is 16.3 Å². The molecule has 0 aromatic carbocycles. The van der Waals surface area contributed by atoms with Gasteiger partial charge in [0.2, 0.25) is 10.0 Å². The third kappa shape index (κ3) is 4.08. The highest BCUT2D eigenvalue weighted by Gasteiger charge is 2.23. The number of hydrogen-bond acceptors (Lipinski definition) is 4. The van der Waals surface area contributed by atoms with Gasteiger partial charge >= 0.3 is 0 Å². The summed E-state index contributed by atoms with van der Waals surface area (Å²) in [5.41, 5.74) is 0. The quantitative estimate of drug-likeness (QED) is 0.835. The predicted molar refractivity (Wildman–Crippen MR) is 88.8 cm³/mol. The Morgan fingerprint density at radius 1 is 1.32 bits per heavy atom. The number of thiophene rings is 1. The monoisotopic (exact) mass is 344 g/mol. The third-order valence-corrected chi connectivity index (χ3v) is 7.13. The minimum absolute atomic E-state index is 0.155. The molecule has 0 bridgehead atoms. The summed E-state index contributed by atoms with van der Waals surface area (Å²) in [6.07, 6.45) is 6.79. The van der Waals surface area contributed by atoms with E-state index in [9.17, 15) is 13.2 Å². The zero-order valence-corrected chi connectivity index (χ0v) is 14.8. The number of carbonyl (C=O) groups is 1. The maximum atomic E-state index is 12.3. The summed E-state index contributed by atoms with van der Waals surface area (Å²) in [5, 5.41) is 4.59. The lowest BCUT2D eigenvalue weighted by atomic mass is 10.1. The summed E-state index contributed by atoms with van der Waals surface area (Å²) in [4.78, 5) is 13.0. The van der Waals surface area contributed by atoms with Crippen molar-refractivity contribution >= 4 is 27.3 Å². The van der Waals surface area contributed by atoms with Gasteiger partial charge in [-0.3, -0.25) is 4.79 Å². The average molecular weight is 345 g/mol. The van der Waals surface area contributed by atoms with Crippen LogP contribution >= 0.6 is 11.3 Å². The Kier molecular flexibility index (Phi) is 6.00. The Morgan fingerprint density at radius 3 is 2.55 bits per heavy atom. The zero-order valence-electron chi connectivity index (χ0n) is 13.2. The van der Waals surface area contributed by atoms with Crippen LogP contribution in [0.25, 0.3) is 0 Å². The Balaban J connectivity index is 2.05. The molecule has 1 aromatic heterocycles. The van der Waals surface area contributed by atoms with Gasteiger partial charge in [-0.25, -0.2) is 12.7 Å². The Bertz CT molecular complexity index is 602. The van der Waals surface area contributed by atoms with Crippen molar-refractivity contribution in [2.24, 2.45) is 0 Å². The smallest absolute Gasteiger partial charge is 0.261 e. The van der Waals surface area contributed by atoms with Crippen molar-refractivity contribution in [1.29, 1.82) is 0 Å². The van der Waals surface area contributed by atoms with Gasteiger partial charge in [0.25, 0.3) is 5.91 Å². The molecule has 124 valence electrons. The highest BCUT2D eigenvalue weighted by Crippen LogP contribution is 2.23. The lowest BCUT2D eigenvalue weighted by molar-refractivity contribution is 0.0937. The van der Waals surface area contributed by atoms with Gasteiger partial charge in [-0.1, -0.05) is 32.6 Å². The van der Waals surface area contributed by atoms with E-state index in [0.29, 0.717) is 11.4 Å². The number of hydrogen-bond donors (Lipinski definition) is 1. The number of amides is 1. The molecule has 0 aliphatic heterocycles. The molecule has 0 atom stereocenters. The first-order chi connectivity index (χ1) is 10.4. The predicted octanol–water partition coefficient (Wildman–Crippen LogP) is 2.84. The van der Waals surface area contributed by atoms with E-state index in [-0.39, 0.29) is 16.8 Å². The summed E-state index contributed by atoms with van der Waals surface area (Å²) < 4.78 is 25.8. The fourth-order valence-corrected chi connectivity index (χ4v) is 4.95. The first kappa shape index (κ1) is 17.4. The second-order valence-corrected chi connectivity index (χ2v) is 8.68. The van der Waals surface area contributed by atoms with Gasteiger partial charge in [0, 0.05) is 25.0 Å². The number of nitrogens with one attached hydrogen (secondary N) is 1. The third-order valence-electron chi connectivity index (χ3n) is 4.14. The van der Waals surface area contributed by atoms with Gasteiger partial charge in [-0.2, -0.15) is 0 Å². The van der Waals surface area contributed by atoms with Gasteiger partial charge < -0.3 is 5.32 Å². The van der Waals surface area contributed by atoms with Crippen molar-refractivity contribution < 1.29 is 13.2 Å². The molecule has 0 saturated heterocycles. The molecule has 0 radical (unpaired) electrons. The van der Waals surface area contributed by atoms with Gasteiger partial charge in [-0.05, 0) is 18.9 Å². The molecular formula is C15H24N2O3S2. The lowest BCUT2D eigenvalue weighted by Gasteiger charge is -2.15. The van der Waals surface area contributed by atoms with Crippen LogP contribution < -0.4 is 5.32 Å². The fourth-order valence-electron chi connectivity index (χ4n) is 2.60. The van der Waals surface area contributed by atoms with Crippen LogP contribution in [0.4, 0.5) is 0 Å². The lowest BCUT2D eigenvalue weighted by Crippen LogP contribution is -2.34. The van der Waals surface area contributed by atoms with E-state index in [1.165, 1.54) is 41.6 Å². The molecule has 1 amide bonds. The first-order valence-corrected chi connectivity index (χ1v) is 10.1. The molecule has 1 aliphatic rings. The second-order valence-electron chi connectivity index (χ2n) is 5.73. The highest BCUT2D eigenvalue weighted by atomic mass is 32.2. The number of sulfonamides is 1. The molecule has 7 heteroatoms. The van der Waals surface area contributed by atoms with Crippen molar-refractivity contribution in [3.05, 3.63) is 16.3 Å². The van der Waals surface area contributed by atoms with Gasteiger partial charge in [0.1, 0.15) is 0 Å². The fraction of sp³-hybridized carbons (Fsp3) is 0.667. The second kappa shape index (κ2) is 7.57. The summed E-state index contributed by atoms with van der Waals surface area (Å²) in [6, 6.07) is 1.70. The van der Waals surface area contributed by atoms with Crippen LogP contribution in [0.2, 0.25) is 0 Å². The van der Waals surface area contributed by atoms with Crippen molar-refractivity contribution in [1.82, 2.24) is 9.62 Å². The van der Waals surface area contributed by atoms with Crippen molar-refractivity contribution in [2.45, 2.75) is 56.4 Å². The van der Waals surface area contributed by atoms with Gasteiger partial charge in [-0.15, -0.1) is 11.3 Å². The van der Waals surface area contributed by atoms with Crippen LogP contribution in [0, 0.1) is 0 Å². The maximum Gasteiger partial charge on any atom is 0.261 e. The van der Waals surface area contributed by atoms with Crippen molar-refractivity contribution in [3.63, 3.8) is 0 Å². The number of carbonyl (C=O) groups excluding carboxylic acids is 1. The maximum absolute atomic E-state index is 12.3. The number of nitrogens with zero attached hydrogens (tertiary/aromatic N) is 1. The summed E-state index contributed by atoms with van der Waals surface area (Å²) >= 11 is 1.19. The molecule has 2 rings (SSSR count). The summed E-state index contributed by atoms with van der Waals surface area (Å²) in [6.45, 7) is 2.19. The summed E-state index contributed by atoms with van der Waals surface area (Å²) in [5.74, 6) is -0.155. The molecule has 1 N–H and O–H groups in total. The van der Waals surface area contributed by atoms with Crippen LogP contribution in [0.3, 0.4) is 0 Å². The topological polar surface area (TPSA) is 66.5 Å². The van der Waals surface area contributed by atoms with Gasteiger partial charge in [0.15, 0.2) is 0 Å². The van der Waals surface area contributed by atoms with E-state index in [2.05, 4.69) is 5.32 Å². The normalized spacial score (nSPS) is 17.4. The molecule has 0 unspecified atom stereocenters. The van der Waals surface area contributed by atoms with E-state index in [0.717, 1.165) is 25.7 Å². The van der Waals surface area contributed by atoms with E-state index in [1.54, 1.807) is 12.3 Å². The van der Waals surface area contributed by atoms with Crippen LogP contribution in [0.1, 0.15) is 55.1 Å². The van der Waals surface area contributed by atoms with Crippen LogP contribution in [-0.4, -0.2) is 38.3 Å².